The normalized spacial score (nSPS) is 21.3. The van der Waals surface area contributed by atoms with Gasteiger partial charge in [-0.15, -0.1) is 0 Å². The lowest BCUT2D eigenvalue weighted by Gasteiger charge is -2.44. The molecule has 1 unspecified atom stereocenters. The monoisotopic (exact) mass is 585 g/mol. The summed E-state index contributed by atoms with van der Waals surface area (Å²) in [6.45, 7) is 4.14. The molecule has 5 atom stereocenters. The predicted molar refractivity (Wildman–Crippen MR) is 142 cm³/mol. The number of hydrogen-bond acceptors (Lipinski definition) is 12. The summed E-state index contributed by atoms with van der Waals surface area (Å²) in [7, 11) is 0. The largest absolute Gasteiger partial charge is 0.463 e. The minimum Gasteiger partial charge on any atom is -0.463 e. The fourth-order valence-electron chi connectivity index (χ4n) is 4.17. The van der Waals surface area contributed by atoms with Gasteiger partial charge in [0.1, 0.15) is 24.5 Å². The molecule has 1 saturated heterocycles. The van der Waals surface area contributed by atoms with Gasteiger partial charge in [-0.1, -0.05) is 30.3 Å². The van der Waals surface area contributed by atoms with Crippen molar-refractivity contribution >= 4 is 35.8 Å². The predicted octanol–water partition coefficient (Wildman–Crippen LogP) is 1.65. The first-order valence-electron chi connectivity index (χ1n) is 12.9. The molecule has 3 rings (SSSR count). The number of hydrogen-bond donors (Lipinski definition) is 1. The van der Waals surface area contributed by atoms with E-state index in [1.165, 1.54) is 31.2 Å². The average molecular weight is 586 g/mol. The van der Waals surface area contributed by atoms with Crippen molar-refractivity contribution in [2.75, 3.05) is 6.61 Å². The maximum absolute atomic E-state index is 13.3. The third kappa shape index (κ3) is 9.41. The van der Waals surface area contributed by atoms with Gasteiger partial charge in [-0.3, -0.25) is 28.8 Å². The van der Waals surface area contributed by atoms with Crippen LogP contribution in [0.1, 0.15) is 43.6 Å². The molecule has 0 aromatic heterocycles. The summed E-state index contributed by atoms with van der Waals surface area (Å²) in [5, 5.41) is 2.63. The van der Waals surface area contributed by atoms with Crippen LogP contribution >= 0.6 is 0 Å². The second-order valence-electron chi connectivity index (χ2n) is 9.26. The molecule has 42 heavy (non-hydrogen) atoms. The lowest BCUT2D eigenvalue weighted by Crippen LogP contribution is -2.67. The van der Waals surface area contributed by atoms with E-state index >= 15 is 0 Å². The third-order valence-corrected chi connectivity index (χ3v) is 5.82. The first kappa shape index (κ1) is 31.7. The minimum absolute atomic E-state index is 0.105. The van der Waals surface area contributed by atoms with Gasteiger partial charge < -0.3 is 33.7 Å². The Morgan fingerprint density at radius 1 is 0.738 bits per heavy atom. The molecule has 13 heteroatoms. The van der Waals surface area contributed by atoms with Crippen LogP contribution in [0.25, 0.3) is 0 Å². The highest BCUT2D eigenvalue weighted by Gasteiger charge is 2.52. The first-order valence-corrected chi connectivity index (χ1v) is 12.9. The number of amides is 1. The molecular weight excluding hydrogens is 554 g/mol. The molecule has 1 N–H and O–H groups in total. The van der Waals surface area contributed by atoms with E-state index in [0.717, 1.165) is 20.8 Å². The molecule has 0 spiro atoms. The van der Waals surface area contributed by atoms with Gasteiger partial charge in [-0.2, -0.15) is 0 Å². The summed E-state index contributed by atoms with van der Waals surface area (Å²) in [6.07, 6.45) is -5.76. The molecule has 0 aliphatic carbocycles. The summed E-state index contributed by atoms with van der Waals surface area (Å²) < 4.78 is 32.4. The molecule has 2 aromatic carbocycles. The summed E-state index contributed by atoms with van der Waals surface area (Å²) in [4.78, 5) is 73.2. The highest BCUT2D eigenvalue weighted by Crippen LogP contribution is 2.29. The van der Waals surface area contributed by atoms with Crippen molar-refractivity contribution < 1.29 is 57.2 Å². The van der Waals surface area contributed by atoms with E-state index in [4.69, 9.17) is 28.4 Å². The van der Waals surface area contributed by atoms with Gasteiger partial charge >= 0.3 is 29.8 Å². The van der Waals surface area contributed by atoms with Crippen molar-refractivity contribution in [3.8, 4) is 5.75 Å². The topological polar surface area (TPSA) is 170 Å². The maximum Gasteiger partial charge on any atom is 0.312 e. The molecule has 0 radical (unpaired) electrons. The summed E-state index contributed by atoms with van der Waals surface area (Å²) >= 11 is 0. The first-order chi connectivity index (χ1) is 19.9. The number of ether oxygens (including phenoxy) is 6. The zero-order chi connectivity index (χ0) is 30.8. The van der Waals surface area contributed by atoms with E-state index in [1.807, 2.05) is 0 Å². The quantitative estimate of drug-likeness (QED) is 0.243. The van der Waals surface area contributed by atoms with Crippen LogP contribution < -0.4 is 10.1 Å². The fraction of sp³-hybridized carbons (Fsp3) is 0.379. The van der Waals surface area contributed by atoms with E-state index in [9.17, 15) is 28.8 Å². The molecular formula is C29H31NO12. The molecule has 224 valence electrons. The van der Waals surface area contributed by atoms with Crippen LogP contribution in [-0.4, -0.2) is 73.0 Å². The Morgan fingerprint density at radius 2 is 1.36 bits per heavy atom. The van der Waals surface area contributed by atoms with E-state index in [2.05, 4.69) is 5.32 Å². The zero-order valence-corrected chi connectivity index (χ0v) is 23.4. The summed E-state index contributed by atoms with van der Waals surface area (Å²) in [5.41, 5.74) is 0.741. The van der Waals surface area contributed by atoms with E-state index in [-0.39, 0.29) is 17.7 Å². The number of carbonyl (C=O) groups is 6. The van der Waals surface area contributed by atoms with Crippen molar-refractivity contribution in [3.63, 3.8) is 0 Å². The van der Waals surface area contributed by atoms with Crippen molar-refractivity contribution in [3.05, 3.63) is 65.7 Å². The number of carbonyl (C=O) groups excluding carboxylic acids is 6. The highest BCUT2D eigenvalue weighted by atomic mass is 16.7. The molecule has 1 aliphatic heterocycles. The Kier molecular flexibility index (Phi) is 11.1. The van der Waals surface area contributed by atoms with Gasteiger partial charge in [0.15, 0.2) is 12.2 Å². The van der Waals surface area contributed by atoms with Crippen LogP contribution in [0.3, 0.4) is 0 Å². The number of nitrogens with one attached hydrogen (secondary N) is 1. The van der Waals surface area contributed by atoms with Crippen LogP contribution in [0.15, 0.2) is 54.6 Å². The van der Waals surface area contributed by atoms with E-state index in [0.29, 0.717) is 5.56 Å². The molecule has 1 heterocycles. The Bertz CT molecular complexity index is 1290. The smallest absolute Gasteiger partial charge is 0.312 e. The lowest BCUT2D eigenvalue weighted by molar-refractivity contribution is -0.270. The van der Waals surface area contributed by atoms with Gasteiger partial charge in [-0.25, -0.2) is 0 Å². The SMILES string of the molecule is CC(=O)OC[C@H]1OC(OC(=O)Cc2ccccc2)[C@H](NC(=O)c2ccc(OC(C)=O)cc2)[C@@H](OC(C)=O)[C@@H]1OC(C)=O. The van der Waals surface area contributed by atoms with Crippen molar-refractivity contribution in [1.29, 1.82) is 0 Å². The van der Waals surface area contributed by atoms with Crippen LogP contribution in [0.4, 0.5) is 0 Å². The van der Waals surface area contributed by atoms with Gasteiger partial charge in [0, 0.05) is 33.3 Å². The third-order valence-electron chi connectivity index (χ3n) is 5.82. The van der Waals surface area contributed by atoms with Crippen LogP contribution in [-0.2, 0) is 54.1 Å². The average Bonchev–Trinajstić information content (AvgIpc) is 2.91. The van der Waals surface area contributed by atoms with E-state index < -0.39 is 73.0 Å². The second kappa shape index (κ2) is 14.7. The molecule has 0 bridgehead atoms. The Morgan fingerprint density at radius 3 is 1.93 bits per heavy atom. The summed E-state index contributed by atoms with van der Waals surface area (Å²) in [6, 6.07) is 12.8. The van der Waals surface area contributed by atoms with Crippen LogP contribution in [0.5, 0.6) is 5.75 Å². The van der Waals surface area contributed by atoms with Crippen molar-refractivity contribution in [2.24, 2.45) is 0 Å². The Labute approximate surface area is 241 Å². The standard InChI is InChI=1S/C29H31NO12/c1-16(31)37-15-23-26(39-18(3)33)27(40-19(4)34)25(29(41-23)42-24(35)14-20-8-6-5-7-9-20)30-28(36)21-10-12-22(13-11-21)38-17(2)32/h5-13,23,25-27,29H,14-15H2,1-4H3,(H,30,36)/t23-,25-,26-,27-,29?/m1/s1. The molecule has 1 amide bonds. The highest BCUT2D eigenvalue weighted by molar-refractivity contribution is 5.94. The molecule has 1 fully saturated rings. The molecule has 1 aliphatic rings. The van der Waals surface area contributed by atoms with Gasteiger partial charge in [0.25, 0.3) is 5.91 Å². The fourth-order valence-corrected chi connectivity index (χ4v) is 4.17. The maximum atomic E-state index is 13.3. The summed E-state index contributed by atoms with van der Waals surface area (Å²) in [5.74, 6) is -4.04. The number of esters is 5. The molecule has 2 aromatic rings. The molecule has 13 nitrogen and oxygen atoms in total. The molecule has 0 saturated carbocycles. The Hall–Kier alpha value is -4.78. The van der Waals surface area contributed by atoms with Gasteiger partial charge in [0.05, 0.1) is 6.42 Å². The Balaban J connectivity index is 1.96. The number of benzene rings is 2. The zero-order valence-electron chi connectivity index (χ0n) is 23.4. The second-order valence-corrected chi connectivity index (χ2v) is 9.26. The van der Waals surface area contributed by atoms with Crippen LogP contribution in [0.2, 0.25) is 0 Å². The van der Waals surface area contributed by atoms with Gasteiger partial charge in [-0.05, 0) is 29.8 Å². The lowest BCUT2D eigenvalue weighted by atomic mass is 9.95. The van der Waals surface area contributed by atoms with Crippen molar-refractivity contribution in [1.82, 2.24) is 5.32 Å². The van der Waals surface area contributed by atoms with Gasteiger partial charge in [0.2, 0.25) is 6.29 Å². The minimum atomic E-state index is -1.57. The van der Waals surface area contributed by atoms with Crippen LogP contribution in [0, 0.1) is 0 Å². The van der Waals surface area contributed by atoms with Crippen molar-refractivity contribution in [2.45, 2.75) is 64.8 Å². The van der Waals surface area contributed by atoms with E-state index in [1.54, 1.807) is 30.3 Å². The number of rotatable bonds is 10.